The second-order valence-corrected chi connectivity index (χ2v) is 3.90. The molecule has 2 atom stereocenters. The summed E-state index contributed by atoms with van der Waals surface area (Å²) in [7, 11) is 0. The van der Waals surface area contributed by atoms with Crippen LogP contribution in [0, 0.1) is 5.92 Å². The van der Waals surface area contributed by atoms with Crippen molar-refractivity contribution in [3.05, 3.63) is 18.6 Å². The van der Waals surface area contributed by atoms with Crippen molar-refractivity contribution in [3.63, 3.8) is 0 Å². The number of carboxylic acids is 1. The lowest BCUT2D eigenvalue weighted by atomic mass is 10.0. The van der Waals surface area contributed by atoms with Crippen LogP contribution in [0.1, 0.15) is 6.92 Å². The fraction of sp³-hybridized carbons (Fsp3) is 0.545. The Balaban J connectivity index is 2.21. The van der Waals surface area contributed by atoms with Crippen molar-refractivity contribution in [2.75, 3.05) is 24.7 Å². The van der Waals surface area contributed by atoms with Crippen molar-refractivity contribution in [2.24, 2.45) is 5.92 Å². The molecule has 6 heteroatoms. The molecule has 0 aliphatic carbocycles. The Morgan fingerprint density at radius 1 is 1.59 bits per heavy atom. The van der Waals surface area contributed by atoms with E-state index in [0.29, 0.717) is 19.0 Å². The van der Waals surface area contributed by atoms with Gasteiger partial charge in [-0.05, 0) is 6.92 Å². The highest BCUT2D eigenvalue weighted by atomic mass is 16.5. The maximum atomic E-state index is 11.1. The molecule has 6 nitrogen and oxygen atoms in total. The number of aromatic nitrogens is 2. The SMILES string of the molecule is CCN(c1cnccn1)C1COCC1C(=O)O. The second kappa shape index (κ2) is 5.09. The Kier molecular flexibility index (Phi) is 3.53. The van der Waals surface area contributed by atoms with E-state index in [1.165, 1.54) is 0 Å². The zero-order chi connectivity index (χ0) is 12.3. The lowest BCUT2D eigenvalue weighted by Gasteiger charge is -2.29. The summed E-state index contributed by atoms with van der Waals surface area (Å²) >= 11 is 0. The van der Waals surface area contributed by atoms with E-state index in [1.807, 2.05) is 11.8 Å². The smallest absolute Gasteiger partial charge is 0.311 e. The molecule has 0 radical (unpaired) electrons. The lowest BCUT2D eigenvalue weighted by molar-refractivity contribution is -0.141. The lowest BCUT2D eigenvalue weighted by Crippen LogP contribution is -2.43. The standard InChI is InChI=1S/C11H15N3O3/c1-2-14(10-5-12-3-4-13-10)9-7-17-6-8(9)11(15)16/h3-5,8-9H,2,6-7H2,1H3,(H,15,16). The van der Waals surface area contributed by atoms with E-state index in [-0.39, 0.29) is 12.6 Å². The average molecular weight is 237 g/mol. The molecule has 1 aliphatic heterocycles. The normalized spacial score (nSPS) is 23.6. The van der Waals surface area contributed by atoms with Gasteiger partial charge in [0, 0.05) is 18.9 Å². The van der Waals surface area contributed by atoms with Crippen molar-refractivity contribution in [1.82, 2.24) is 9.97 Å². The number of rotatable bonds is 4. The Bertz CT molecular complexity index is 385. The summed E-state index contributed by atoms with van der Waals surface area (Å²) in [4.78, 5) is 21.3. The van der Waals surface area contributed by atoms with Crippen LogP contribution in [0.15, 0.2) is 18.6 Å². The predicted molar refractivity (Wildman–Crippen MR) is 60.8 cm³/mol. The Morgan fingerprint density at radius 2 is 2.41 bits per heavy atom. The Morgan fingerprint density at radius 3 is 3.00 bits per heavy atom. The molecule has 17 heavy (non-hydrogen) atoms. The van der Waals surface area contributed by atoms with E-state index in [4.69, 9.17) is 9.84 Å². The first-order valence-corrected chi connectivity index (χ1v) is 5.57. The first kappa shape index (κ1) is 11.8. The van der Waals surface area contributed by atoms with E-state index in [2.05, 4.69) is 9.97 Å². The number of nitrogens with zero attached hydrogens (tertiary/aromatic N) is 3. The molecule has 1 aromatic rings. The molecule has 0 amide bonds. The van der Waals surface area contributed by atoms with Crippen LogP contribution >= 0.6 is 0 Å². The third-order valence-electron chi connectivity index (χ3n) is 2.95. The minimum Gasteiger partial charge on any atom is -0.481 e. The molecule has 1 N–H and O–H groups in total. The summed E-state index contributed by atoms with van der Waals surface area (Å²) < 4.78 is 5.26. The molecule has 0 spiro atoms. The molecule has 1 aromatic heterocycles. The summed E-state index contributed by atoms with van der Waals surface area (Å²) in [5, 5.41) is 9.13. The summed E-state index contributed by atoms with van der Waals surface area (Å²) in [6.07, 6.45) is 4.83. The van der Waals surface area contributed by atoms with Crippen LogP contribution in [-0.4, -0.2) is 46.8 Å². The summed E-state index contributed by atoms with van der Waals surface area (Å²) in [6.45, 7) is 3.32. The number of hydrogen-bond acceptors (Lipinski definition) is 5. The van der Waals surface area contributed by atoms with E-state index in [1.54, 1.807) is 18.6 Å². The number of ether oxygens (including phenoxy) is 1. The highest BCUT2D eigenvalue weighted by Crippen LogP contribution is 2.23. The topological polar surface area (TPSA) is 75.5 Å². The van der Waals surface area contributed by atoms with Crippen molar-refractivity contribution < 1.29 is 14.6 Å². The van der Waals surface area contributed by atoms with Gasteiger partial charge < -0.3 is 14.7 Å². The number of likely N-dealkylation sites (N-methyl/N-ethyl adjacent to an activating group) is 1. The molecule has 2 rings (SSSR count). The van der Waals surface area contributed by atoms with Gasteiger partial charge in [-0.3, -0.25) is 9.78 Å². The van der Waals surface area contributed by atoms with Gasteiger partial charge in [-0.25, -0.2) is 4.98 Å². The molecular formula is C11H15N3O3. The first-order valence-electron chi connectivity index (χ1n) is 5.57. The molecule has 0 bridgehead atoms. The Labute approximate surface area is 99.2 Å². The molecule has 92 valence electrons. The molecule has 0 saturated carbocycles. The first-order chi connectivity index (χ1) is 8.24. The quantitative estimate of drug-likeness (QED) is 0.817. The van der Waals surface area contributed by atoms with E-state index in [9.17, 15) is 4.79 Å². The summed E-state index contributed by atoms with van der Waals surface area (Å²) in [5.41, 5.74) is 0. The number of carboxylic acid groups (broad SMARTS) is 1. The molecule has 1 saturated heterocycles. The van der Waals surface area contributed by atoms with Crippen LogP contribution in [0.3, 0.4) is 0 Å². The molecule has 0 aromatic carbocycles. The van der Waals surface area contributed by atoms with Crippen molar-refractivity contribution in [2.45, 2.75) is 13.0 Å². The number of anilines is 1. The minimum absolute atomic E-state index is 0.172. The van der Waals surface area contributed by atoms with Crippen molar-refractivity contribution >= 4 is 11.8 Å². The van der Waals surface area contributed by atoms with Crippen LogP contribution < -0.4 is 4.90 Å². The van der Waals surface area contributed by atoms with Gasteiger partial charge in [-0.15, -0.1) is 0 Å². The monoisotopic (exact) mass is 237 g/mol. The highest BCUT2D eigenvalue weighted by molar-refractivity contribution is 5.72. The van der Waals surface area contributed by atoms with E-state index >= 15 is 0 Å². The maximum Gasteiger partial charge on any atom is 0.311 e. The van der Waals surface area contributed by atoms with Crippen LogP contribution in [0.2, 0.25) is 0 Å². The van der Waals surface area contributed by atoms with Gasteiger partial charge in [0.05, 0.1) is 25.5 Å². The molecular weight excluding hydrogens is 222 g/mol. The molecule has 2 unspecified atom stereocenters. The van der Waals surface area contributed by atoms with Gasteiger partial charge in [-0.2, -0.15) is 0 Å². The summed E-state index contributed by atoms with van der Waals surface area (Å²) in [6, 6.07) is -0.172. The van der Waals surface area contributed by atoms with Crippen LogP contribution in [0.4, 0.5) is 5.82 Å². The van der Waals surface area contributed by atoms with Gasteiger partial charge in [0.2, 0.25) is 0 Å². The van der Waals surface area contributed by atoms with Gasteiger partial charge in [0.25, 0.3) is 0 Å². The fourth-order valence-corrected chi connectivity index (χ4v) is 2.09. The van der Waals surface area contributed by atoms with Crippen LogP contribution in [0.25, 0.3) is 0 Å². The van der Waals surface area contributed by atoms with Gasteiger partial charge in [-0.1, -0.05) is 0 Å². The second-order valence-electron chi connectivity index (χ2n) is 3.90. The van der Waals surface area contributed by atoms with Crippen LogP contribution in [-0.2, 0) is 9.53 Å². The van der Waals surface area contributed by atoms with Crippen molar-refractivity contribution in [1.29, 1.82) is 0 Å². The van der Waals surface area contributed by atoms with E-state index < -0.39 is 11.9 Å². The summed E-state index contributed by atoms with van der Waals surface area (Å²) in [5.74, 6) is -0.636. The number of carbonyl (C=O) groups is 1. The minimum atomic E-state index is -0.824. The maximum absolute atomic E-state index is 11.1. The highest BCUT2D eigenvalue weighted by Gasteiger charge is 2.38. The third kappa shape index (κ3) is 2.36. The Hall–Kier alpha value is -1.69. The number of aliphatic carboxylic acids is 1. The molecule has 2 heterocycles. The molecule has 1 fully saturated rings. The van der Waals surface area contributed by atoms with Crippen LogP contribution in [0.5, 0.6) is 0 Å². The van der Waals surface area contributed by atoms with Gasteiger partial charge in [0.1, 0.15) is 11.7 Å². The average Bonchev–Trinajstić information content (AvgIpc) is 2.81. The molecule has 1 aliphatic rings. The zero-order valence-corrected chi connectivity index (χ0v) is 9.61. The fourth-order valence-electron chi connectivity index (χ4n) is 2.09. The third-order valence-corrected chi connectivity index (χ3v) is 2.95. The van der Waals surface area contributed by atoms with Gasteiger partial charge >= 0.3 is 5.97 Å². The zero-order valence-electron chi connectivity index (χ0n) is 9.61. The van der Waals surface area contributed by atoms with Crippen molar-refractivity contribution in [3.8, 4) is 0 Å². The number of hydrogen-bond donors (Lipinski definition) is 1. The largest absolute Gasteiger partial charge is 0.481 e. The van der Waals surface area contributed by atoms with E-state index in [0.717, 1.165) is 0 Å². The van der Waals surface area contributed by atoms with Gasteiger partial charge in [0.15, 0.2) is 0 Å². The predicted octanol–water partition coefficient (Wildman–Crippen LogP) is 0.402.